The zero-order chi connectivity index (χ0) is 9.53. The molecule has 2 atom stereocenters. The van der Waals surface area contributed by atoms with Crippen molar-refractivity contribution in [2.45, 2.75) is 64.0 Å². The highest BCUT2D eigenvalue weighted by Crippen LogP contribution is 2.47. The summed E-state index contributed by atoms with van der Waals surface area (Å²) in [4.78, 5) is 0. The molecule has 2 aliphatic rings. The van der Waals surface area contributed by atoms with E-state index in [2.05, 4.69) is 20.8 Å². The highest BCUT2D eigenvalue weighted by molar-refractivity contribution is 6.45. The van der Waals surface area contributed by atoms with Gasteiger partial charge in [-0.2, -0.15) is 0 Å². The average molecular weight is 182 g/mol. The van der Waals surface area contributed by atoms with Crippen LogP contribution in [0.1, 0.15) is 46.5 Å². The summed E-state index contributed by atoms with van der Waals surface area (Å²) in [5, 5.41) is 0. The van der Waals surface area contributed by atoms with Gasteiger partial charge < -0.3 is 9.31 Å². The zero-order valence-corrected chi connectivity index (χ0v) is 8.93. The van der Waals surface area contributed by atoms with Crippen LogP contribution in [-0.2, 0) is 9.31 Å². The summed E-state index contributed by atoms with van der Waals surface area (Å²) in [6.07, 6.45) is 5.84. The third-order valence-electron chi connectivity index (χ3n) is 3.79. The molecule has 1 aliphatic heterocycles. The van der Waals surface area contributed by atoms with Crippen molar-refractivity contribution < 1.29 is 9.31 Å². The monoisotopic (exact) mass is 182 g/mol. The zero-order valence-electron chi connectivity index (χ0n) is 8.93. The highest BCUT2D eigenvalue weighted by atomic mass is 16.7. The Kier molecular flexibility index (Phi) is 2.19. The molecule has 13 heavy (non-hydrogen) atoms. The van der Waals surface area contributed by atoms with Crippen molar-refractivity contribution in [1.29, 1.82) is 0 Å². The molecule has 0 amide bonds. The average Bonchev–Trinajstić information content (AvgIpc) is 2.37. The molecule has 74 valence electrons. The predicted molar refractivity (Wildman–Crippen MR) is 53.7 cm³/mol. The first-order valence-corrected chi connectivity index (χ1v) is 5.45. The van der Waals surface area contributed by atoms with E-state index in [0.29, 0.717) is 0 Å². The van der Waals surface area contributed by atoms with Gasteiger partial charge in [0, 0.05) is 0 Å². The molecule has 0 aromatic rings. The molecule has 0 bridgehead atoms. The maximum absolute atomic E-state index is 5.98. The number of hydrogen-bond acceptors (Lipinski definition) is 2. The first-order valence-electron chi connectivity index (χ1n) is 5.45. The second-order valence-electron chi connectivity index (χ2n) is 4.74. The lowest BCUT2D eigenvalue weighted by Crippen LogP contribution is -2.49. The van der Waals surface area contributed by atoms with Gasteiger partial charge in [0.05, 0.1) is 11.2 Å². The highest BCUT2D eigenvalue weighted by Gasteiger charge is 2.56. The van der Waals surface area contributed by atoms with Crippen molar-refractivity contribution in [3.8, 4) is 0 Å². The van der Waals surface area contributed by atoms with Crippen LogP contribution in [0.4, 0.5) is 0 Å². The molecule has 2 fully saturated rings. The van der Waals surface area contributed by atoms with Crippen LogP contribution in [0.25, 0.3) is 0 Å². The molecule has 1 heterocycles. The normalized spacial score (nSPS) is 45.0. The van der Waals surface area contributed by atoms with Gasteiger partial charge in [0.25, 0.3) is 0 Å². The Morgan fingerprint density at radius 3 is 1.92 bits per heavy atom. The van der Waals surface area contributed by atoms with E-state index in [1.165, 1.54) is 12.8 Å². The first-order chi connectivity index (χ1) is 6.10. The predicted octanol–water partition coefficient (Wildman–Crippen LogP) is 2.63. The Morgan fingerprint density at radius 2 is 1.54 bits per heavy atom. The van der Waals surface area contributed by atoms with Crippen molar-refractivity contribution in [2.24, 2.45) is 0 Å². The van der Waals surface area contributed by atoms with Crippen LogP contribution in [0.3, 0.4) is 0 Å². The largest absolute Gasteiger partial charge is 0.457 e. The van der Waals surface area contributed by atoms with Crippen LogP contribution in [0, 0.1) is 0 Å². The van der Waals surface area contributed by atoms with E-state index in [1.807, 2.05) is 0 Å². The van der Waals surface area contributed by atoms with Gasteiger partial charge in [-0.05, 0) is 33.0 Å². The van der Waals surface area contributed by atoms with Crippen molar-refractivity contribution in [2.75, 3.05) is 0 Å². The fourth-order valence-electron chi connectivity index (χ4n) is 2.59. The first kappa shape index (κ1) is 9.54. The fraction of sp³-hybridized carbons (Fsp3) is 1.00. The molecule has 1 saturated heterocycles. The van der Waals surface area contributed by atoms with Crippen LogP contribution >= 0.6 is 0 Å². The summed E-state index contributed by atoms with van der Waals surface area (Å²) in [5.74, 6) is 0. The Morgan fingerprint density at radius 1 is 1.08 bits per heavy atom. The van der Waals surface area contributed by atoms with Crippen molar-refractivity contribution in [1.82, 2.24) is 0 Å². The molecule has 1 saturated carbocycles. The molecule has 0 N–H and O–H groups in total. The molecule has 0 spiro atoms. The third kappa shape index (κ3) is 1.33. The molecule has 0 radical (unpaired) electrons. The van der Waals surface area contributed by atoms with E-state index in [-0.39, 0.29) is 18.3 Å². The number of fused-ring (bicyclic) bond motifs is 1. The molecular formula is C10H19BO2. The standard InChI is InChI=1S/C10H19BO2/c1-4-11-12-9(2)7-5-6-8-10(9,3)13-11/h4-8H2,1-3H3/t9-,10+. The lowest BCUT2D eigenvalue weighted by atomic mass is 9.74. The third-order valence-corrected chi connectivity index (χ3v) is 3.79. The SMILES string of the molecule is CCB1O[C@]2(C)CCCC[C@]2(C)O1. The maximum atomic E-state index is 5.98. The van der Waals surface area contributed by atoms with Crippen molar-refractivity contribution >= 4 is 7.12 Å². The van der Waals surface area contributed by atoms with Gasteiger partial charge in [0.2, 0.25) is 0 Å². The summed E-state index contributed by atoms with van der Waals surface area (Å²) >= 11 is 0. The number of rotatable bonds is 1. The quantitative estimate of drug-likeness (QED) is 0.580. The van der Waals surface area contributed by atoms with Crippen molar-refractivity contribution in [3.05, 3.63) is 0 Å². The van der Waals surface area contributed by atoms with Crippen LogP contribution in [0.5, 0.6) is 0 Å². The molecule has 0 aromatic heterocycles. The number of hydrogen-bond donors (Lipinski definition) is 0. The van der Waals surface area contributed by atoms with Gasteiger partial charge >= 0.3 is 7.12 Å². The Hall–Kier alpha value is -0.0151. The van der Waals surface area contributed by atoms with E-state index in [4.69, 9.17) is 9.31 Å². The molecule has 0 unspecified atom stereocenters. The minimum atomic E-state index is -0.0219. The van der Waals surface area contributed by atoms with Crippen LogP contribution < -0.4 is 0 Å². The molecule has 1 aliphatic carbocycles. The lowest BCUT2D eigenvalue weighted by molar-refractivity contribution is -0.0556. The maximum Gasteiger partial charge on any atom is 0.457 e. The smallest absolute Gasteiger partial charge is 0.403 e. The van der Waals surface area contributed by atoms with E-state index >= 15 is 0 Å². The van der Waals surface area contributed by atoms with Crippen LogP contribution in [0.15, 0.2) is 0 Å². The lowest BCUT2D eigenvalue weighted by Gasteiger charge is -2.43. The summed E-state index contributed by atoms with van der Waals surface area (Å²) in [5.41, 5.74) is -0.0438. The summed E-state index contributed by atoms with van der Waals surface area (Å²) in [6.45, 7) is 6.54. The Bertz CT molecular complexity index is 189. The van der Waals surface area contributed by atoms with Gasteiger partial charge in [-0.15, -0.1) is 0 Å². The molecular weight excluding hydrogens is 163 g/mol. The Labute approximate surface area is 81.1 Å². The van der Waals surface area contributed by atoms with E-state index < -0.39 is 0 Å². The summed E-state index contributed by atoms with van der Waals surface area (Å²) < 4.78 is 12.0. The minimum absolute atomic E-state index is 0.0219. The van der Waals surface area contributed by atoms with Crippen molar-refractivity contribution in [3.63, 3.8) is 0 Å². The van der Waals surface area contributed by atoms with E-state index in [1.54, 1.807) is 0 Å². The van der Waals surface area contributed by atoms with E-state index in [0.717, 1.165) is 19.2 Å². The Balaban J connectivity index is 2.19. The minimum Gasteiger partial charge on any atom is -0.403 e. The topological polar surface area (TPSA) is 18.5 Å². The molecule has 0 aromatic carbocycles. The second-order valence-corrected chi connectivity index (χ2v) is 4.74. The van der Waals surface area contributed by atoms with Gasteiger partial charge in [-0.3, -0.25) is 0 Å². The van der Waals surface area contributed by atoms with Gasteiger partial charge in [0.1, 0.15) is 0 Å². The van der Waals surface area contributed by atoms with Gasteiger partial charge in [-0.1, -0.05) is 19.8 Å². The molecule has 2 rings (SSSR count). The summed E-state index contributed by atoms with van der Waals surface area (Å²) in [6, 6.07) is 0. The van der Waals surface area contributed by atoms with Crippen LogP contribution in [-0.4, -0.2) is 18.3 Å². The fourth-order valence-corrected chi connectivity index (χ4v) is 2.59. The van der Waals surface area contributed by atoms with E-state index in [9.17, 15) is 0 Å². The van der Waals surface area contributed by atoms with Crippen LogP contribution in [0.2, 0.25) is 6.32 Å². The van der Waals surface area contributed by atoms with Gasteiger partial charge in [0.15, 0.2) is 0 Å². The molecule has 3 heteroatoms. The summed E-state index contributed by atoms with van der Waals surface area (Å²) in [7, 11) is 0.0353. The van der Waals surface area contributed by atoms with Gasteiger partial charge in [-0.25, -0.2) is 0 Å². The second kappa shape index (κ2) is 2.99. The molecule has 2 nitrogen and oxygen atoms in total.